The molecule has 5 nitrogen and oxygen atoms in total. The highest BCUT2D eigenvalue weighted by Crippen LogP contribution is 2.23. The molecule has 1 aromatic rings. The van der Waals surface area contributed by atoms with Crippen LogP contribution in [0.2, 0.25) is 0 Å². The quantitative estimate of drug-likeness (QED) is 0.860. The van der Waals surface area contributed by atoms with E-state index in [-0.39, 0.29) is 18.4 Å². The van der Waals surface area contributed by atoms with E-state index in [2.05, 4.69) is 4.90 Å². The summed E-state index contributed by atoms with van der Waals surface area (Å²) in [5, 5.41) is 19.5. The second kappa shape index (κ2) is 5.75. The van der Waals surface area contributed by atoms with Gasteiger partial charge in [0.05, 0.1) is 12.3 Å². The maximum absolute atomic E-state index is 11.8. The van der Waals surface area contributed by atoms with Crippen LogP contribution < -0.4 is 5.43 Å². The third-order valence-corrected chi connectivity index (χ3v) is 3.66. The molecule has 0 atom stereocenters. The number of hydrogen-bond donors (Lipinski definition) is 2. The Balaban J connectivity index is 2.48. The van der Waals surface area contributed by atoms with Crippen molar-refractivity contribution in [3.63, 3.8) is 0 Å². The zero-order valence-electron chi connectivity index (χ0n) is 11.6. The molecule has 2 heterocycles. The highest BCUT2D eigenvalue weighted by atomic mass is 16.3. The maximum Gasteiger partial charge on any atom is 0.223 e. The number of nitrogens with zero attached hydrogens (tertiary/aromatic N) is 2. The number of likely N-dealkylation sites (tertiary alicyclic amines) is 1. The van der Waals surface area contributed by atoms with Crippen LogP contribution in [0.1, 0.15) is 44.1 Å². The normalized spacial score (nSPS) is 16.4. The molecule has 0 aliphatic carbocycles. The van der Waals surface area contributed by atoms with Gasteiger partial charge in [-0.1, -0.05) is 0 Å². The fraction of sp³-hybridized carbons (Fsp3) is 0.643. The SMILES string of the molecule is CC(C)n1c(CO)cc(=O)c(O)c1CN1CCCC1. The number of hydrogen-bond acceptors (Lipinski definition) is 4. The van der Waals surface area contributed by atoms with E-state index in [1.807, 2.05) is 18.4 Å². The third-order valence-electron chi connectivity index (χ3n) is 3.66. The Morgan fingerprint density at radius 2 is 1.95 bits per heavy atom. The molecule has 106 valence electrons. The second-order valence-electron chi connectivity index (χ2n) is 5.40. The highest BCUT2D eigenvalue weighted by molar-refractivity contribution is 5.30. The van der Waals surface area contributed by atoms with E-state index in [0.29, 0.717) is 17.9 Å². The van der Waals surface area contributed by atoms with Gasteiger partial charge in [0.25, 0.3) is 0 Å². The van der Waals surface area contributed by atoms with E-state index >= 15 is 0 Å². The molecule has 1 aromatic heterocycles. The van der Waals surface area contributed by atoms with Gasteiger partial charge in [0, 0.05) is 24.3 Å². The van der Waals surface area contributed by atoms with Crippen molar-refractivity contribution in [1.82, 2.24) is 9.47 Å². The molecule has 2 rings (SSSR count). The molecule has 1 aliphatic heterocycles. The molecule has 1 fully saturated rings. The van der Waals surface area contributed by atoms with E-state index < -0.39 is 5.43 Å². The fourth-order valence-corrected chi connectivity index (χ4v) is 2.79. The summed E-state index contributed by atoms with van der Waals surface area (Å²) in [6.07, 6.45) is 2.32. The first-order valence-corrected chi connectivity index (χ1v) is 6.84. The minimum Gasteiger partial charge on any atom is -0.503 e. The van der Waals surface area contributed by atoms with Crippen molar-refractivity contribution in [1.29, 1.82) is 0 Å². The smallest absolute Gasteiger partial charge is 0.223 e. The van der Waals surface area contributed by atoms with E-state index in [9.17, 15) is 15.0 Å². The fourth-order valence-electron chi connectivity index (χ4n) is 2.79. The number of pyridine rings is 1. The van der Waals surface area contributed by atoms with Gasteiger partial charge in [-0.3, -0.25) is 9.69 Å². The first-order valence-electron chi connectivity index (χ1n) is 6.84. The first-order chi connectivity index (χ1) is 9.04. The molecule has 1 aliphatic rings. The Labute approximate surface area is 113 Å². The maximum atomic E-state index is 11.8. The monoisotopic (exact) mass is 266 g/mol. The predicted octanol–water partition coefficient (Wildman–Crippen LogP) is 1.22. The molecular formula is C14H22N2O3. The molecule has 0 spiro atoms. The molecule has 0 unspecified atom stereocenters. The van der Waals surface area contributed by atoms with Crippen molar-refractivity contribution in [2.45, 2.75) is 45.9 Å². The van der Waals surface area contributed by atoms with Gasteiger partial charge in [0.1, 0.15) is 0 Å². The summed E-state index contributed by atoms with van der Waals surface area (Å²) in [7, 11) is 0. The molecule has 0 bridgehead atoms. The van der Waals surface area contributed by atoms with Gasteiger partial charge >= 0.3 is 0 Å². The topological polar surface area (TPSA) is 65.7 Å². The molecule has 2 N–H and O–H groups in total. The van der Waals surface area contributed by atoms with E-state index in [4.69, 9.17) is 0 Å². The van der Waals surface area contributed by atoms with Crippen LogP contribution in [0.4, 0.5) is 0 Å². The Morgan fingerprint density at radius 3 is 2.47 bits per heavy atom. The molecule has 1 saturated heterocycles. The molecule has 0 saturated carbocycles. The first kappa shape index (κ1) is 14.1. The van der Waals surface area contributed by atoms with Gasteiger partial charge < -0.3 is 14.8 Å². The van der Waals surface area contributed by atoms with E-state index in [1.54, 1.807) is 0 Å². The van der Waals surface area contributed by atoms with Crippen molar-refractivity contribution in [3.05, 3.63) is 27.7 Å². The Kier molecular flexibility index (Phi) is 4.27. The predicted molar refractivity (Wildman–Crippen MR) is 73.2 cm³/mol. The number of aromatic hydroxyl groups is 1. The summed E-state index contributed by atoms with van der Waals surface area (Å²) >= 11 is 0. The van der Waals surface area contributed by atoms with Gasteiger partial charge in [-0.15, -0.1) is 0 Å². The van der Waals surface area contributed by atoms with E-state index in [1.165, 1.54) is 6.07 Å². The Morgan fingerprint density at radius 1 is 1.32 bits per heavy atom. The lowest BCUT2D eigenvalue weighted by molar-refractivity contribution is 0.257. The molecule has 0 radical (unpaired) electrons. The average Bonchev–Trinajstić information content (AvgIpc) is 2.86. The second-order valence-corrected chi connectivity index (χ2v) is 5.40. The van der Waals surface area contributed by atoms with Crippen LogP contribution in [0.5, 0.6) is 5.75 Å². The van der Waals surface area contributed by atoms with Gasteiger partial charge in [0.2, 0.25) is 5.43 Å². The number of aliphatic hydroxyl groups is 1. The molecular weight excluding hydrogens is 244 g/mol. The van der Waals surface area contributed by atoms with Gasteiger partial charge in [0.15, 0.2) is 5.75 Å². The van der Waals surface area contributed by atoms with E-state index in [0.717, 1.165) is 25.9 Å². The van der Waals surface area contributed by atoms with Crippen molar-refractivity contribution < 1.29 is 10.2 Å². The summed E-state index contributed by atoms with van der Waals surface area (Å²) in [6.45, 7) is 6.32. The molecule has 0 amide bonds. The lowest BCUT2D eigenvalue weighted by Crippen LogP contribution is -2.26. The van der Waals surface area contributed by atoms with Crippen LogP contribution >= 0.6 is 0 Å². The summed E-state index contributed by atoms with van der Waals surface area (Å²) in [4.78, 5) is 14.0. The largest absolute Gasteiger partial charge is 0.503 e. The molecule has 19 heavy (non-hydrogen) atoms. The van der Waals surface area contributed by atoms with Crippen molar-refractivity contribution in [2.75, 3.05) is 13.1 Å². The van der Waals surface area contributed by atoms with Crippen LogP contribution in [0.25, 0.3) is 0 Å². The molecule has 0 aromatic carbocycles. The average molecular weight is 266 g/mol. The summed E-state index contributed by atoms with van der Waals surface area (Å²) < 4.78 is 1.87. The lowest BCUT2D eigenvalue weighted by atomic mass is 10.2. The number of aliphatic hydroxyl groups excluding tert-OH is 1. The highest BCUT2D eigenvalue weighted by Gasteiger charge is 2.20. The van der Waals surface area contributed by atoms with Crippen LogP contribution in [0, 0.1) is 0 Å². The van der Waals surface area contributed by atoms with Crippen LogP contribution in [0.15, 0.2) is 10.9 Å². The zero-order chi connectivity index (χ0) is 14.0. The molecule has 5 heteroatoms. The Bertz CT molecular complexity index is 502. The Hall–Kier alpha value is -1.33. The van der Waals surface area contributed by atoms with Crippen LogP contribution in [0.3, 0.4) is 0 Å². The summed E-state index contributed by atoms with van der Waals surface area (Å²) in [6, 6.07) is 1.41. The zero-order valence-corrected chi connectivity index (χ0v) is 11.6. The van der Waals surface area contributed by atoms with Gasteiger partial charge in [-0.2, -0.15) is 0 Å². The standard InChI is InChI=1S/C14H22N2O3/c1-10(2)16-11(9-17)7-13(18)14(19)12(16)8-15-5-3-4-6-15/h7,10,17,19H,3-6,8-9H2,1-2H3. The van der Waals surface area contributed by atoms with Gasteiger partial charge in [-0.25, -0.2) is 0 Å². The van der Waals surface area contributed by atoms with Gasteiger partial charge in [-0.05, 0) is 39.8 Å². The van der Waals surface area contributed by atoms with Crippen molar-refractivity contribution >= 4 is 0 Å². The minimum atomic E-state index is -0.407. The number of aromatic nitrogens is 1. The number of rotatable bonds is 4. The minimum absolute atomic E-state index is 0.0891. The van der Waals surface area contributed by atoms with Crippen molar-refractivity contribution in [2.24, 2.45) is 0 Å². The van der Waals surface area contributed by atoms with Crippen molar-refractivity contribution in [3.8, 4) is 5.75 Å². The lowest BCUT2D eigenvalue weighted by Gasteiger charge is -2.25. The van der Waals surface area contributed by atoms with Crippen LogP contribution in [-0.2, 0) is 13.2 Å². The summed E-state index contributed by atoms with van der Waals surface area (Å²) in [5.41, 5.74) is 0.774. The van der Waals surface area contributed by atoms with Crippen LogP contribution in [-0.4, -0.2) is 32.8 Å². The summed E-state index contributed by atoms with van der Waals surface area (Å²) in [5.74, 6) is -0.183. The third kappa shape index (κ3) is 2.82.